The molecule has 8 heteroatoms. The van der Waals surface area contributed by atoms with Crippen LogP contribution in [0, 0.1) is 5.41 Å². The van der Waals surface area contributed by atoms with Gasteiger partial charge in [-0.1, -0.05) is 20.8 Å². The molecule has 0 aromatic carbocycles. The SMILES string of the molecule is CNC(=O)[C@@H]1CCC(C(C)(C)C)=[NH+]1.O=C([O-])C(F)(F)F. The number of carboxylic acids is 1. The normalized spacial score (nSPS) is 18.8. The van der Waals surface area contributed by atoms with Crippen LogP contribution in [0.25, 0.3) is 0 Å². The van der Waals surface area contributed by atoms with Crippen LogP contribution >= 0.6 is 0 Å². The second-order valence-electron chi connectivity index (χ2n) is 5.36. The van der Waals surface area contributed by atoms with Crippen LogP contribution in [0.5, 0.6) is 0 Å². The molecule has 0 saturated heterocycles. The van der Waals surface area contributed by atoms with Gasteiger partial charge in [0, 0.05) is 25.3 Å². The number of carbonyl (C=O) groups is 2. The van der Waals surface area contributed by atoms with Gasteiger partial charge >= 0.3 is 6.18 Å². The Morgan fingerprint density at radius 1 is 1.30 bits per heavy atom. The van der Waals surface area contributed by atoms with E-state index in [1.54, 1.807) is 7.05 Å². The molecule has 1 amide bonds. The summed E-state index contributed by atoms with van der Waals surface area (Å²) in [6, 6.07) is -0.0146. The summed E-state index contributed by atoms with van der Waals surface area (Å²) in [6.07, 6.45) is -3.26. The van der Waals surface area contributed by atoms with Crippen molar-refractivity contribution in [3.8, 4) is 0 Å². The van der Waals surface area contributed by atoms with E-state index in [0.29, 0.717) is 0 Å². The zero-order chi connectivity index (χ0) is 16.1. The molecule has 1 atom stereocenters. The van der Waals surface area contributed by atoms with E-state index in [1.807, 2.05) is 0 Å². The van der Waals surface area contributed by atoms with Crippen molar-refractivity contribution in [2.75, 3.05) is 7.05 Å². The van der Waals surface area contributed by atoms with Crippen molar-refractivity contribution in [2.24, 2.45) is 5.41 Å². The molecule has 1 aliphatic rings. The predicted molar refractivity (Wildman–Crippen MR) is 63.6 cm³/mol. The summed E-state index contributed by atoms with van der Waals surface area (Å²) in [7, 11) is 1.68. The zero-order valence-corrected chi connectivity index (χ0v) is 11.9. The lowest BCUT2D eigenvalue weighted by Gasteiger charge is -2.12. The van der Waals surface area contributed by atoms with E-state index >= 15 is 0 Å². The maximum atomic E-state index is 11.3. The molecular weight excluding hydrogens is 277 g/mol. The Morgan fingerprint density at radius 3 is 2.00 bits per heavy atom. The van der Waals surface area contributed by atoms with Gasteiger partial charge in [-0.25, -0.2) is 4.99 Å². The highest BCUT2D eigenvalue weighted by atomic mass is 19.4. The van der Waals surface area contributed by atoms with Crippen LogP contribution in [0.15, 0.2) is 0 Å². The Hall–Kier alpha value is -1.60. The van der Waals surface area contributed by atoms with Gasteiger partial charge in [-0.05, 0) is 0 Å². The van der Waals surface area contributed by atoms with E-state index in [-0.39, 0.29) is 17.4 Å². The highest BCUT2D eigenvalue weighted by Crippen LogP contribution is 2.18. The number of aliphatic carboxylic acids is 1. The van der Waals surface area contributed by atoms with Crippen LogP contribution in [0.1, 0.15) is 33.6 Å². The van der Waals surface area contributed by atoms with Crippen LogP contribution < -0.4 is 15.4 Å². The molecule has 0 spiro atoms. The third-order valence-corrected chi connectivity index (χ3v) is 2.73. The average Bonchev–Trinajstić information content (AvgIpc) is 2.76. The van der Waals surface area contributed by atoms with E-state index in [9.17, 15) is 18.0 Å². The minimum absolute atomic E-state index is 0.0146. The number of rotatable bonds is 1. The predicted octanol–water partition coefficient (Wildman–Crippen LogP) is -1.24. The fourth-order valence-electron chi connectivity index (χ4n) is 1.61. The van der Waals surface area contributed by atoms with E-state index in [4.69, 9.17) is 9.90 Å². The Bertz CT molecular complexity index is 398. The van der Waals surface area contributed by atoms with Gasteiger partial charge in [0.05, 0.1) is 0 Å². The largest absolute Gasteiger partial charge is 0.542 e. The molecule has 20 heavy (non-hydrogen) atoms. The Morgan fingerprint density at radius 2 is 1.75 bits per heavy atom. The first-order valence-electron chi connectivity index (χ1n) is 6.02. The van der Waals surface area contributed by atoms with Crippen LogP contribution in [-0.2, 0) is 9.59 Å². The summed E-state index contributed by atoms with van der Waals surface area (Å²) in [5, 5.41) is 11.4. The highest BCUT2D eigenvalue weighted by molar-refractivity contribution is 5.89. The van der Waals surface area contributed by atoms with E-state index in [2.05, 4.69) is 31.1 Å². The molecule has 2 N–H and O–H groups in total. The zero-order valence-electron chi connectivity index (χ0n) is 11.9. The quantitative estimate of drug-likeness (QED) is 0.635. The van der Waals surface area contributed by atoms with Crippen molar-refractivity contribution in [3.63, 3.8) is 0 Å². The molecule has 1 aliphatic heterocycles. The first-order chi connectivity index (χ1) is 8.89. The Kier molecular flexibility index (Phi) is 6.18. The van der Waals surface area contributed by atoms with E-state index in [0.717, 1.165) is 12.8 Å². The molecular formula is C12H19F3N2O3. The third kappa shape index (κ3) is 6.03. The minimum atomic E-state index is -5.19. The van der Waals surface area contributed by atoms with Gasteiger partial charge in [-0.15, -0.1) is 0 Å². The van der Waals surface area contributed by atoms with Crippen molar-refractivity contribution in [2.45, 2.75) is 45.8 Å². The lowest BCUT2D eigenvalue weighted by molar-refractivity contribution is -0.481. The summed E-state index contributed by atoms with van der Waals surface area (Å²) in [5.41, 5.74) is 1.46. The molecule has 5 nitrogen and oxygen atoms in total. The number of alkyl halides is 3. The summed E-state index contributed by atoms with van der Waals surface area (Å²) >= 11 is 0. The van der Waals surface area contributed by atoms with Gasteiger partial charge in [0.2, 0.25) is 6.04 Å². The summed E-state index contributed by atoms with van der Waals surface area (Å²) < 4.78 is 31.5. The molecule has 0 fully saturated rings. The van der Waals surface area contributed by atoms with E-state index < -0.39 is 12.1 Å². The highest BCUT2D eigenvalue weighted by Gasteiger charge is 2.35. The van der Waals surface area contributed by atoms with Gasteiger partial charge < -0.3 is 15.2 Å². The third-order valence-electron chi connectivity index (χ3n) is 2.73. The van der Waals surface area contributed by atoms with Gasteiger partial charge in [0.1, 0.15) is 5.97 Å². The summed E-state index contributed by atoms with van der Waals surface area (Å²) in [6.45, 7) is 6.50. The van der Waals surface area contributed by atoms with Crippen molar-refractivity contribution in [3.05, 3.63) is 0 Å². The van der Waals surface area contributed by atoms with Gasteiger partial charge in [-0.3, -0.25) is 4.79 Å². The monoisotopic (exact) mass is 296 g/mol. The second kappa shape index (κ2) is 6.71. The number of carboxylic acid groups (broad SMARTS) is 1. The Balaban J connectivity index is 0.000000441. The molecule has 0 radical (unpaired) electrons. The van der Waals surface area contributed by atoms with Crippen LogP contribution in [0.3, 0.4) is 0 Å². The van der Waals surface area contributed by atoms with Gasteiger partial charge in [-0.2, -0.15) is 13.2 Å². The molecule has 0 aromatic heterocycles. The standard InChI is InChI=1S/C10H18N2O.C2HF3O2/c1-10(2,3)8-6-5-7(12-8)9(13)11-4;3-2(4,5)1(6)7/h7H,5-6H2,1-4H3,(H,11,13);(H,6,7)/t7-;/m0./s1. The van der Waals surface area contributed by atoms with Crippen molar-refractivity contribution >= 4 is 17.6 Å². The van der Waals surface area contributed by atoms with Crippen LogP contribution in [0.4, 0.5) is 13.2 Å². The van der Waals surface area contributed by atoms with Gasteiger partial charge in [0.15, 0.2) is 5.71 Å². The number of amides is 1. The van der Waals surface area contributed by atoms with Crippen LogP contribution in [-0.4, -0.2) is 36.9 Å². The minimum Gasteiger partial charge on any atom is -0.542 e. The number of hydrogen-bond donors (Lipinski definition) is 2. The smallest absolute Gasteiger partial charge is 0.430 e. The molecule has 116 valence electrons. The molecule has 0 unspecified atom stereocenters. The first kappa shape index (κ1) is 18.4. The van der Waals surface area contributed by atoms with E-state index in [1.165, 1.54) is 5.71 Å². The molecule has 0 saturated carbocycles. The topological polar surface area (TPSA) is 83.2 Å². The Labute approximate surface area is 115 Å². The average molecular weight is 296 g/mol. The lowest BCUT2D eigenvalue weighted by atomic mass is 9.88. The first-order valence-corrected chi connectivity index (χ1v) is 6.02. The number of carbonyl (C=O) groups excluding carboxylic acids is 2. The van der Waals surface area contributed by atoms with Crippen LogP contribution in [0.2, 0.25) is 0 Å². The fourth-order valence-corrected chi connectivity index (χ4v) is 1.61. The number of hydrogen-bond acceptors (Lipinski definition) is 3. The molecule has 0 aliphatic carbocycles. The summed E-state index contributed by atoms with van der Waals surface area (Å²) in [4.78, 5) is 23.4. The maximum Gasteiger partial charge on any atom is 0.430 e. The molecule has 1 heterocycles. The molecule has 1 rings (SSSR count). The molecule has 0 aromatic rings. The maximum absolute atomic E-state index is 11.3. The number of nitrogens with one attached hydrogen (secondary N) is 2. The number of halogens is 3. The lowest BCUT2D eigenvalue weighted by Crippen LogP contribution is -2.81. The van der Waals surface area contributed by atoms with Crippen molar-refractivity contribution < 1.29 is 32.9 Å². The number of likely N-dealkylation sites (N-methyl/N-ethyl adjacent to an activating group) is 1. The molecule has 0 bridgehead atoms. The fraction of sp³-hybridized carbons (Fsp3) is 0.750. The van der Waals surface area contributed by atoms with Crippen molar-refractivity contribution in [1.82, 2.24) is 5.32 Å². The van der Waals surface area contributed by atoms with Crippen molar-refractivity contribution in [1.29, 1.82) is 0 Å². The van der Waals surface area contributed by atoms with Gasteiger partial charge in [0.25, 0.3) is 5.91 Å². The summed E-state index contributed by atoms with van der Waals surface area (Å²) in [5.74, 6) is -2.91. The second-order valence-corrected chi connectivity index (χ2v) is 5.36.